The predicted molar refractivity (Wildman–Crippen MR) is 109 cm³/mol. The molecule has 1 atom stereocenters. The zero-order valence-electron chi connectivity index (χ0n) is 16.6. The Labute approximate surface area is 152 Å². The molecule has 2 radical (unpaired) electrons. The first-order chi connectivity index (χ1) is 11.5. The van der Waals surface area contributed by atoms with Gasteiger partial charge in [0.1, 0.15) is 9.52 Å². The fourth-order valence-electron chi connectivity index (χ4n) is 3.71. The molecule has 24 heavy (non-hydrogen) atoms. The molecular formula is C23H34Si. The van der Waals surface area contributed by atoms with Crippen molar-refractivity contribution in [1.82, 2.24) is 0 Å². The van der Waals surface area contributed by atoms with Crippen LogP contribution in [0.4, 0.5) is 0 Å². The monoisotopic (exact) mass is 338 g/mol. The molecule has 1 unspecified atom stereocenters. The minimum Gasteiger partial charge on any atom is -0.0695 e. The first-order valence-corrected chi connectivity index (χ1v) is 10.8. The molecule has 1 aliphatic carbocycles. The van der Waals surface area contributed by atoms with Gasteiger partial charge in [0.05, 0.1) is 0 Å². The normalized spacial score (nSPS) is 18.0. The van der Waals surface area contributed by atoms with Gasteiger partial charge in [-0.3, -0.25) is 0 Å². The topological polar surface area (TPSA) is 0 Å². The summed E-state index contributed by atoms with van der Waals surface area (Å²) in [5.41, 5.74) is 7.94. The molecule has 0 spiro atoms. The molecule has 0 bridgehead atoms. The Morgan fingerprint density at radius 2 is 1.58 bits per heavy atom. The molecule has 1 aromatic rings. The van der Waals surface area contributed by atoms with Crippen LogP contribution in [0.25, 0.3) is 0 Å². The minimum absolute atomic E-state index is 0.627. The van der Waals surface area contributed by atoms with E-state index in [9.17, 15) is 0 Å². The van der Waals surface area contributed by atoms with Crippen LogP contribution in [-0.4, -0.2) is 9.52 Å². The molecule has 0 aliphatic heterocycles. The van der Waals surface area contributed by atoms with Crippen LogP contribution in [0.3, 0.4) is 0 Å². The smallest absolute Gasteiger partial charge is 0.0695 e. The van der Waals surface area contributed by atoms with Crippen molar-refractivity contribution in [2.45, 2.75) is 80.1 Å². The van der Waals surface area contributed by atoms with E-state index in [1.165, 1.54) is 44.1 Å². The molecule has 0 saturated heterocycles. The lowest BCUT2D eigenvalue weighted by Crippen LogP contribution is -2.25. The van der Waals surface area contributed by atoms with Crippen LogP contribution in [-0.2, 0) is 12.8 Å². The van der Waals surface area contributed by atoms with Gasteiger partial charge in [0, 0.05) is 0 Å². The van der Waals surface area contributed by atoms with Gasteiger partial charge in [0.2, 0.25) is 0 Å². The van der Waals surface area contributed by atoms with Crippen molar-refractivity contribution in [3.05, 3.63) is 51.2 Å². The lowest BCUT2D eigenvalue weighted by atomic mass is 9.98. The maximum Gasteiger partial charge on any atom is 0.117 e. The molecule has 2 rings (SSSR count). The fraction of sp³-hybridized carbons (Fsp3) is 0.565. The van der Waals surface area contributed by atoms with E-state index >= 15 is 0 Å². The van der Waals surface area contributed by atoms with E-state index in [1.807, 2.05) is 0 Å². The summed E-state index contributed by atoms with van der Waals surface area (Å²) in [5.74, 6) is 0.627. The summed E-state index contributed by atoms with van der Waals surface area (Å²) in [5, 5.41) is 3.29. The predicted octanol–water partition coefficient (Wildman–Crippen LogP) is 5.96. The van der Waals surface area contributed by atoms with Crippen molar-refractivity contribution in [1.29, 1.82) is 0 Å². The van der Waals surface area contributed by atoms with E-state index < -0.39 is 0 Å². The van der Waals surface area contributed by atoms with E-state index in [0.717, 1.165) is 9.52 Å². The molecule has 1 aromatic carbocycles. The Bertz CT molecular complexity index is 633. The van der Waals surface area contributed by atoms with Crippen molar-refractivity contribution in [3.8, 4) is 0 Å². The van der Waals surface area contributed by atoms with Crippen LogP contribution in [0.1, 0.15) is 78.4 Å². The summed E-state index contributed by atoms with van der Waals surface area (Å²) in [6.45, 7) is 13.9. The third-order valence-electron chi connectivity index (χ3n) is 5.76. The second-order valence-corrected chi connectivity index (χ2v) is 8.67. The SMILES string of the molecule is CCCCc1cccc([Si]C2=C(C)C(C)=C(C)C2C)c1CCCC. The Morgan fingerprint density at radius 1 is 0.917 bits per heavy atom. The van der Waals surface area contributed by atoms with Crippen molar-refractivity contribution in [3.63, 3.8) is 0 Å². The molecule has 1 aliphatic rings. The van der Waals surface area contributed by atoms with E-state index in [-0.39, 0.29) is 0 Å². The van der Waals surface area contributed by atoms with E-state index in [0.29, 0.717) is 5.92 Å². The lowest BCUT2D eigenvalue weighted by Gasteiger charge is -2.18. The highest BCUT2D eigenvalue weighted by molar-refractivity contribution is 6.62. The van der Waals surface area contributed by atoms with Crippen LogP contribution in [0.2, 0.25) is 0 Å². The first kappa shape index (κ1) is 19.2. The second-order valence-electron chi connectivity index (χ2n) is 7.34. The van der Waals surface area contributed by atoms with Gasteiger partial charge in [-0.15, -0.1) is 0 Å². The Balaban J connectivity index is 2.33. The van der Waals surface area contributed by atoms with E-state index in [4.69, 9.17) is 0 Å². The zero-order valence-corrected chi connectivity index (χ0v) is 17.6. The van der Waals surface area contributed by atoms with Crippen molar-refractivity contribution >= 4 is 14.7 Å². The summed E-state index contributed by atoms with van der Waals surface area (Å²) in [7, 11) is 0.840. The number of unbranched alkanes of at least 4 members (excludes halogenated alkanes) is 2. The van der Waals surface area contributed by atoms with Gasteiger partial charge in [-0.05, 0) is 69.1 Å². The lowest BCUT2D eigenvalue weighted by molar-refractivity contribution is 0.760. The first-order valence-electron chi connectivity index (χ1n) is 9.77. The number of aryl methyl sites for hydroxylation is 1. The molecule has 0 N–H and O–H groups in total. The number of hydrogen-bond acceptors (Lipinski definition) is 0. The third kappa shape index (κ3) is 4.11. The minimum atomic E-state index is 0.627. The number of benzene rings is 1. The molecule has 0 nitrogen and oxygen atoms in total. The molecule has 0 heterocycles. The standard InChI is InChI=1S/C23H34Si/c1-7-9-12-20-13-11-15-22(21(20)14-10-8-2)24-23-18(5)16(3)17(4)19(23)6/h11,13,15,18H,7-10,12,14H2,1-6H3. The Kier molecular flexibility index (Phi) is 7.10. The van der Waals surface area contributed by atoms with E-state index in [1.54, 1.807) is 32.7 Å². The molecule has 0 saturated carbocycles. The van der Waals surface area contributed by atoms with Crippen LogP contribution in [0.15, 0.2) is 40.1 Å². The van der Waals surface area contributed by atoms with Gasteiger partial charge in [-0.2, -0.15) is 0 Å². The van der Waals surface area contributed by atoms with Crippen molar-refractivity contribution in [2.24, 2.45) is 5.92 Å². The average molecular weight is 339 g/mol. The quantitative estimate of drug-likeness (QED) is 0.513. The third-order valence-corrected chi connectivity index (χ3v) is 7.58. The fourth-order valence-corrected chi connectivity index (χ4v) is 5.43. The summed E-state index contributed by atoms with van der Waals surface area (Å²) < 4.78 is 0. The van der Waals surface area contributed by atoms with Gasteiger partial charge in [0.25, 0.3) is 0 Å². The van der Waals surface area contributed by atoms with Crippen LogP contribution < -0.4 is 5.19 Å². The Morgan fingerprint density at radius 3 is 2.17 bits per heavy atom. The zero-order chi connectivity index (χ0) is 17.7. The number of rotatable bonds is 8. The number of allylic oxidation sites excluding steroid dienone is 4. The van der Waals surface area contributed by atoms with Gasteiger partial charge >= 0.3 is 0 Å². The summed E-state index contributed by atoms with van der Waals surface area (Å²) in [6.07, 6.45) is 7.68. The van der Waals surface area contributed by atoms with Gasteiger partial charge in [-0.25, -0.2) is 0 Å². The number of hydrogen-bond donors (Lipinski definition) is 0. The Hall–Kier alpha value is -1.08. The highest BCUT2D eigenvalue weighted by Crippen LogP contribution is 2.35. The van der Waals surface area contributed by atoms with Gasteiger partial charge in [-0.1, -0.05) is 73.3 Å². The summed E-state index contributed by atoms with van der Waals surface area (Å²) in [6, 6.07) is 7.07. The van der Waals surface area contributed by atoms with Crippen molar-refractivity contribution in [2.75, 3.05) is 0 Å². The molecule has 130 valence electrons. The molecule has 0 amide bonds. The molecule has 1 heteroatoms. The van der Waals surface area contributed by atoms with Crippen molar-refractivity contribution < 1.29 is 0 Å². The molecule has 0 fully saturated rings. The highest BCUT2D eigenvalue weighted by Gasteiger charge is 2.24. The molecule has 0 aromatic heterocycles. The molecular weight excluding hydrogens is 304 g/mol. The summed E-state index contributed by atoms with van der Waals surface area (Å²) >= 11 is 0. The maximum absolute atomic E-state index is 2.40. The van der Waals surface area contributed by atoms with Crippen LogP contribution in [0.5, 0.6) is 0 Å². The van der Waals surface area contributed by atoms with Gasteiger partial charge in [0.15, 0.2) is 0 Å². The summed E-state index contributed by atoms with van der Waals surface area (Å²) in [4.78, 5) is 0. The largest absolute Gasteiger partial charge is 0.117 e. The maximum atomic E-state index is 2.40. The van der Waals surface area contributed by atoms with Crippen LogP contribution >= 0.6 is 0 Å². The second kappa shape index (κ2) is 8.85. The highest BCUT2D eigenvalue weighted by atomic mass is 28.2. The van der Waals surface area contributed by atoms with Crippen LogP contribution in [0, 0.1) is 5.92 Å². The van der Waals surface area contributed by atoms with Gasteiger partial charge < -0.3 is 0 Å². The van der Waals surface area contributed by atoms with E-state index in [2.05, 4.69) is 59.7 Å². The average Bonchev–Trinajstić information content (AvgIpc) is 2.76.